The average molecular weight is 255 g/mol. The summed E-state index contributed by atoms with van der Waals surface area (Å²) < 4.78 is 5.41. The van der Waals surface area contributed by atoms with Gasteiger partial charge in [-0.25, -0.2) is 9.97 Å². The van der Waals surface area contributed by atoms with Gasteiger partial charge in [-0.3, -0.25) is 0 Å². The molecule has 2 heterocycles. The third-order valence-corrected chi connectivity index (χ3v) is 3.54. The predicted octanol–water partition coefficient (Wildman–Crippen LogP) is 2.54. The van der Waals surface area contributed by atoms with Gasteiger partial charge in [-0.15, -0.1) is 0 Å². The molecule has 0 bridgehead atoms. The Morgan fingerprint density at radius 3 is 2.68 bits per heavy atom. The van der Waals surface area contributed by atoms with Gasteiger partial charge in [0.25, 0.3) is 0 Å². The van der Waals surface area contributed by atoms with Crippen molar-refractivity contribution >= 4 is 5.82 Å². The molecule has 0 amide bonds. The van der Waals surface area contributed by atoms with Gasteiger partial charge in [0.05, 0.1) is 12.3 Å². The van der Waals surface area contributed by atoms with Crippen molar-refractivity contribution in [1.82, 2.24) is 9.97 Å². The van der Waals surface area contributed by atoms with Gasteiger partial charge in [0.1, 0.15) is 11.6 Å². The minimum Gasteiger partial charge on any atom is -0.383 e. The normalized spacial score (nSPS) is 18.7. The Bertz CT molecular complexity index is 577. The molecule has 4 nitrogen and oxygen atoms in total. The van der Waals surface area contributed by atoms with Crippen LogP contribution in [0, 0.1) is 6.92 Å². The van der Waals surface area contributed by atoms with Gasteiger partial charge >= 0.3 is 0 Å². The van der Waals surface area contributed by atoms with Crippen LogP contribution in [0.2, 0.25) is 0 Å². The maximum Gasteiger partial charge on any atom is 0.136 e. The summed E-state index contributed by atoms with van der Waals surface area (Å²) in [5.74, 6) is 1.64. The molecule has 1 unspecified atom stereocenters. The number of anilines is 1. The topological polar surface area (TPSA) is 61.0 Å². The zero-order chi connectivity index (χ0) is 13.2. The SMILES string of the molecule is Cc1c(N)nc(C2CCOC2)nc1-c1ccccc1. The number of nitrogen functional groups attached to an aromatic ring is 1. The van der Waals surface area contributed by atoms with Crippen LogP contribution >= 0.6 is 0 Å². The van der Waals surface area contributed by atoms with E-state index >= 15 is 0 Å². The first-order valence-corrected chi connectivity index (χ1v) is 6.53. The smallest absolute Gasteiger partial charge is 0.136 e. The van der Waals surface area contributed by atoms with Crippen LogP contribution in [0.5, 0.6) is 0 Å². The molecule has 1 aliphatic rings. The molecule has 3 rings (SSSR count). The molecule has 1 atom stereocenters. The van der Waals surface area contributed by atoms with E-state index in [0.717, 1.165) is 35.7 Å². The van der Waals surface area contributed by atoms with Crippen molar-refractivity contribution < 1.29 is 4.74 Å². The van der Waals surface area contributed by atoms with Crippen molar-refractivity contribution in [2.75, 3.05) is 18.9 Å². The van der Waals surface area contributed by atoms with Gasteiger partial charge < -0.3 is 10.5 Å². The molecular formula is C15H17N3O. The van der Waals surface area contributed by atoms with Gasteiger partial charge in [0.15, 0.2) is 0 Å². The molecule has 1 aromatic heterocycles. The molecule has 0 saturated carbocycles. The molecule has 0 radical (unpaired) electrons. The molecule has 2 N–H and O–H groups in total. The number of ether oxygens (including phenoxy) is 1. The van der Waals surface area contributed by atoms with Gasteiger partial charge in [-0.1, -0.05) is 30.3 Å². The van der Waals surface area contributed by atoms with Gasteiger partial charge in [0, 0.05) is 23.7 Å². The van der Waals surface area contributed by atoms with Crippen molar-refractivity contribution in [2.45, 2.75) is 19.3 Å². The number of hydrogen-bond donors (Lipinski definition) is 1. The summed E-state index contributed by atoms with van der Waals surface area (Å²) in [7, 11) is 0. The Balaban J connectivity index is 2.08. The van der Waals surface area contributed by atoms with Crippen LogP contribution in [0.4, 0.5) is 5.82 Å². The van der Waals surface area contributed by atoms with E-state index in [0.29, 0.717) is 12.4 Å². The van der Waals surface area contributed by atoms with E-state index in [1.54, 1.807) is 0 Å². The quantitative estimate of drug-likeness (QED) is 0.895. The molecule has 2 aromatic rings. The number of benzene rings is 1. The standard InChI is InChI=1S/C15H17N3O/c1-10-13(11-5-3-2-4-6-11)17-15(18-14(10)16)12-7-8-19-9-12/h2-6,12H,7-9H2,1H3,(H2,16,17,18). The Labute approximate surface area is 112 Å². The number of nitrogens with zero attached hydrogens (tertiary/aromatic N) is 2. The van der Waals surface area contributed by atoms with Crippen molar-refractivity contribution in [3.8, 4) is 11.3 Å². The van der Waals surface area contributed by atoms with E-state index in [9.17, 15) is 0 Å². The maximum atomic E-state index is 6.03. The average Bonchev–Trinajstić information content (AvgIpc) is 2.97. The van der Waals surface area contributed by atoms with E-state index in [1.807, 2.05) is 37.3 Å². The van der Waals surface area contributed by atoms with E-state index in [4.69, 9.17) is 15.5 Å². The van der Waals surface area contributed by atoms with E-state index in [1.165, 1.54) is 0 Å². The molecule has 4 heteroatoms. The summed E-state index contributed by atoms with van der Waals surface area (Å²) in [6, 6.07) is 10.1. The molecule has 1 saturated heterocycles. The van der Waals surface area contributed by atoms with Crippen LogP contribution in [-0.2, 0) is 4.74 Å². The van der Waals surface area contributed by atoms with Crippen LogP contribution in [0.25, 0.3) is 11.3 Å². The lowest BCUT2D eigenvalue weighted by atomic mass is 10.0. The molecule has 0 spiro atoms. The summed E-state index contributed by atoms with van der Waals surface area (Å²) in [5, 5.41) is 0. The Morgan fingerprint density at radius 1 is 1.21 bits per heavy atom. The van der Waals surface area contributed by atoms with Crippen molar-refractivity contribution in [1.29, 1.82) is 0 Å². The lowest BCUT2D eigenvalue weighted by Crippen LogP contribution is -2.09. The summed E-state index contributed by atoms with van der Waals surface area (Å²) in [5.41, 5.74) is 8.98. The third-order valence-electron chi connectivity index (χ3n) is 3.54. The molecule has 0 aliphatic carbocycles. The van der Waals surface area contributed by atoms with Crippen molar-refractivity contribution in [3.63, 3.8) is 0 Å². The molecule has 1 fully saturated rings. The zero-order valence-electron chi connectivity index (χ0n) is 11.0. The lowest BCUT2D eigenvalue weighted by Gasteiger charge is -2.13. The highest BCUT2D eigenvalue weighted by atomic mass is 16.5. The third kappa shape index (κ3) is 2.31. The molecular weight excluding hydrogens is 238 g/mol. The van der Waals surface area contributed by atoms with E-state index in [2.05, 4.69) is 4.98 Å². The molecule has 98 valence electrons. The summed E-state index contributed by atoms with van der Waals surface area (Å²) in [4.78, 5) is 9.14. The fourth-order valence-corrected chi connectivity index (χ4v) is 2.35. The highest BCUT2D eigenvalue weighted by Crippen LogP contribution is 2.29. The Hall–Kier alpha value is -1.94. The second kappa shape index (κ2) is 4.97. The number of nitrogens with two attached hydrogens (primary N) is 1. The zero-order valence-corrected chi connectivity index (χ0v) is 11.0. The van der Waals surface area contributed by atoms with Gasteiger partial charge in [-0.05, 0) is 13.3 Å². The molecule has 19 heavy (non-hydrogen) atoms. The molecule has 1 aromatic carbocycles. The van der Waals surface area contributed by atoms with Crippen LogP contribution in [0.15, 0.2) is 30.3 Å². The van der Waals surface area contributed by atoms with Crippen molar-refractivity contribution in [3.05, 3.63) is 41.7 Å². The van der Waals surface area contributed by atoms with Gasteiger partial charge in [-0.2, -0.15) is 0 Å². The Kier molecular flexibility index (Phi) is 3.17. The molecule has 1 aliphatic heterocycles. The predicted molar refractivity (Wildman–Crippen MR) is 74.8 cm³/mol. The first-order chi connectivity index (χ1) is 9.25. The van der Waals surface area contributed by atoms with E-state index in [-0.39, 0.29) is 5.92 Å². The number of aromatic nitrogens is 2. The van der Waals surface area contributed by atoms with Crippen LogP contribution in [0.3, 0.4) is 0 Å². The number of rotatable bonds is 2. The highest BCUT2D eigenvalue weighted by Gasteiger charge is 2.22. The first kappa shape index (κ1) is 12.1. The van der Waals surface area contributed by atoms with Crippen LogP contribution in [-0.4, -0.2) is 23.2 Å². The number of hydrogen-bond acceptors (Lipinski definition) is 4. The maximum absolute atomic E-state index is 6.03. The van der Waals surface area contributed by atoms with Crippen molar-refractivity contribution in [2.24, 2.45) is 0 Å². The summed E-state index contributed by atoms with van der Waals surface area (Å²) in [6.07, 6.45) is 0.969. The Morgan fingerprint density at radius 2 is 2.00 bits per heavy atom. The highest BCUT2D eigenvalue weighted by molar-refractivity contribution is 5.67. The fraction of sp³-hybridized carbons (Fsp3) is 0.333. The van der Waals surface area contributed by atoms with Crippen LogP contribution in [0.1, 0.15) is 23.7 Å². The minimum atomic E-state index is 0.269. The summed E-state index contributed by atoms with van der Waals surface area (Å²) in [6.45, 7) is 3.44. The second-order valence-electron chi connectivity index (χ2n) is 4.87. The fourth-order valence-electron chi connectivity index (χ4n) is 2.35. The minimum absolute atomic E-state index is 0.269. The first-order valence-electron chi connectivity index (χ1n) is 6.53. The second-order valence-corrected chi connectivity index (χ2v) is 4.87. The van der Waals surface area contributed by atoms with E-state index < -0.39 is 0 Å². The van der Waals surface area contributed by atoms with Gasteiger partial charge in [0.2, 0.25) is 0 Å². The largest absolute Gasteiger partial charge is 0.383 e. The monoisotopic (exact) mass is 255 g/mol. The summed E-state index contributed by atoms with van der Waals surface area (Å²) >= 11 is 0. The lowest BCUT2D eigenvalue weighted by molar-refractivity contribution is 0.193. The van der Waals surface area contributed by atoms with Crippen LogP contribution < -0.4 is 5.73 Å².